The monoisotopic (exact) mass is 532 g/mol. The molecule has 1 N–H and O–H groups in total. The molecule has 2 unspecified atom stereocenters. The topological polar surface area (TPSA) is 51.5 Å². The number of methoxy groups -OCH3 is 1. The average molecular weight is 533 g/mol. The summed E-state index contributed by atoms with van der Waals surface area (Å²) in [7, 11) is 1.68. The number of anilines is 1. The van der Waals surface area contributed by atoms with E-state index < -0.39 is 0 Å². The fraction of sp³-hybridized carbons (Fsp3) is 0.125. The SMILES string of the molecule is COc1cccc(-n2cccc2C2C(c3ccccn3)NC(=S)N2c2ccc(Oc3ccc(C)cc3)cc2)c1. The summed E-state index contributed by atoms with van der Waals surface area (Å²) in [5.41, 5.74) is 5.16. The minimum absolute atomic E-state index is 0.151. The van der Waals surface area contributed by atoms with Gasteiger partial charge in [-0.3, -0.25) is 4.98 Å². The zero-order chi connectivity index (χ0) is 26.8. The Hall–Kier alpha value is -4.62. The van der Waals surface area contributed by atoms with Gasteiger partial charge in [-0.1, -0.05) is 29.8 Å². The van der Waals surface area contributed by atoms with Crippen molar-refractivity contribution in [3.8, 4) is 22.9 Å². The summed E-state index contributed by atoms with van der Waals surface area (Å²) in [6.45, 7) is 2.06. The molecule has 6 rings (SSSR count). The number of aromatic nitrogens is 2. The van der Waals surface area contributed by atoms with Crippen LogP contribution in [0.25, 0.3) is 5.69 Å². The van der Waals surface area contributed by atoms with Crippen LogP contribution < -0.4 is 19.7 Å². The van der Waals surface area contributed by atoms with Gasteiger partial charge >= 0.3 is 0 Å². The van der Waals surface area contributed by atoms with Crippen molar-refractivity contribution in [3.05, 3.63) is 132 Å². The molecule has 194 valence electrons. The lowest BCUT2D eigenvalue weighted by Crippen LogP contribution is -2.30. The lowest BCUT2D eigenvalue weighted by Gasteiger charge is -2.29. The van der Waals surface area contributed by atoms with E-state index in [0.29, 0.717) is 5.11 Å². The van der Waals surface area contributed by atoms with Crippen LogP contribution in [0.15, 0.2) is 116 Å². The third-order valence-corrected chi connectivity index (χ3v) is 7.20. The smallest absolute Gasteiger partial charge is 0.174 e. The van der Waals surface area contributed by atoms with Crippen molar-refractivity contribution in [3.63, 3.8) is 0 Å². The predicted octanol–water partition coefficient (Wildman–Crippen LogP) is 7.16. The van der Waals surface area contributed by atoms with E-state index in [9.17, 15) is 0 Å². The lowest BCUT2D eigenvalue weighted by atomic mass is 10.0. The molecule has 3 aromatic carbocycles. The number of nitrogens with zero attached hydrogens (tertiary/aromatic N) is 3. The summed E-state index contributed by atoms with van der Waals surface area (Å²) in [5, 5.41) is 4.18. The maximum absolute atomic E-state index is 6.07. The van der Waals surface area contributed by atoms with Crippen molar-refractivity contribution in [2.45, 2.75) is 19.0 Å². The second-order valence-electron chi connectivity index (χ2n) is 9.41. The van der Waals surface area contributed by atoms with Crippen molar-refractivity contribution in [2.75, 3.05) is 12.0 Å². The highest BCUT2D eigenvalue weighted by molar-refractivity contribution is 7.80. The second-order valence-corrected chi connectivity index (χ2v) is 9.80. The van der Waals surface area contributed by atoms with Crippen LogP contribution in [0.1, 0.15) is 29.0 Å². The highest BCUT2D eigenvalue weighted by Gasteiger charge is 2.42. The maximum Gasteiger partial charge on any atom is 0.174 e. The molecule has 0 radical (unpaired) electrons. The Labute approximate surface area is 233 Å². The summed E-state index contributed by atoms with van der Waals surface area (Å²) in [6, 6.07) is 34.0. The van der Waals surface area contributed by atoms with Crippen LogP contribution in [-0.2, 0) is 0 Å². The van der Waals surface area contributed by atoms with Gasteiger partial charge in [0.25, 0.3) is 0 Å². The zero-order valence-corrected chi connectivity index (χ0v) is 22.5. The van der Waals surface area contributed by atoms with Gasteiger partial charge in [-0.05, 0) is 91.9 Å². The Kier molecular flexibility index (Phi) is 6.73. The fourth-order valence-corrected chi connectivity index (χ4v) is 5.33. The summed E-state index contributed by atoms with van der Waals surface area (Å²) < 4.78 is 13.8. The van der Waals surface area contributed by atoms with Crippen molar-refractivity contribution in [1.82, 2.24) is 14.9 Å². The fourth-order valence-electron chi connectivity index (χ4n) is 4.98. The first-order valence-electron chi connectivity index (χ1n) is 12.8. The maximum atomic E-state index is 6.07. The van der Waals surface area contributed by atoms with Crippen LogP contribution in [0.4, 0.5) is 5.69 Å². The normalized spacial score (nSPS) is 16.7. The Balaban J connectivity index is 1.39. The lowest BCUT2D eigenvalue weighted by molar-refractivity contribution is 0.414. The van der Waals surface area contributed by atoms with Crippen LogP contribution in [0, 0.1) is 6.92 Å². The first-order valence-corrected chi connectivity index (χ1v) is 13.2. The minimum atomic E-state index is -0.155. The van der Waals surface area contributed by atoms with Gasteiger partial charge in [0.05, 0.1) is 18.8 Å². The Bertz CT molecular complexity index is 1580. The van der Waals surface area contributed by atoms with Gasteiger partial charge in [-0.15, -0.1) is 0 Å². The van der Waals surface area contributed by atoms with Gasteiger partial charge in [0, 0.05) is 35.5 Å². The number of nitrogens with one attached hydrogen (secondary N) is 1. The number of benzene rings is 3. The first-order chi connectivity index (χ1) is 19.1. The second kappa shape index (κ2) is 10.6. The summed E-state index contributed by atoms with van der Waals surface area (Å²) >= 11 is 5.93. The summed E-state index contributed by atoms with van der Waals surface area (Å²) in [4.78, 5) is 6.85. The van der Waals surface area contributed by atoms with Crippen LogP contribution in [0.5, 0.6) is 17.2 Å². The predicted molar refractivity (Wildman–Crippen MR) is 158 cm³/mol. The molecule has 2 aromatic heterocycles. The van der Waals surface area contributed by atoms with Crippen molar-refractivity contribution < 1.29 is 9.47 Å². The molecule has 2 atom stereocenters. The summed E-state index contributed by atoms with van der Waals surface area (Å²) in [5.74, 6) is 2.36. The van der Waals surface area contributed by atoms with Gasteiger partial charge in [0.1, 0.15) is 23.3 Å². The number of hydrogen-bond acceptors (Lipinski definition) is 4. The third-order valence-electron chi connectivity index (χ3n) is 6.88. The number of rotatable bonds is 7. The molecule has 1 fully saturated rings. The molecule has 0 aliphatic carbocycles. The van der Waals surface area contributed by atoms with Crippen molar-refractivity contribution in [1.29, 1.82) is 0 Å². The highest BCUT2D eigenvalue weighted by Crippen LogP contribution is 2.42. The molecule has 6 nitrogen and oxygen atoms in total. The average Bonchev–Trinajstić information content (AvgIpc) is 3.59. The third kappa shape index (κ3) is 4.96. The van der Waals surface area contributed by atoms with Gasteiger partial charge in [0.15, 0.2) is 5.11 Å². The van der Waals surface area contributed by atoms with Crippen LogP contribution in [-0.4, -0.2) is 21.8 Å². The Morgan fingerprint density at radius 2 is 1.56 bits per heavy atom. The largest absolute Gasteiger partial charge is 0.497 e. The van der Waals surface area contributed by atoms with E-state index in [-0.39, 0.29) is 12.1 Å². The number of hydrogen-bond donors (Lipinski definition) is 1. The molecule has 7 heteroatoms. The van der Waals surface area contributed by atoms with Crippen molar-refractivity contribution in [2.24, 2.45) is 0 Å². The van der Waals surface area contributed by atoms with E-state index in [4.69, 9.17) is 21.7 Å². The molecule has 5 aromatic rings. The molecular weight excluding hydrogens is 504 g/mol. The molecule has 0 amide bonds. The molecule has 1 saturated heterocycles. The van der Waals surface area contributed by atoms with E-state index in [0.717, 1.165) is 40.0 Å². The summed E-state index contributed by atoms with van der Waals surface area (Å²) in [6.07, 6.45) is 3.88. The van der Waals surface area contributed by atoms with E-state index in [1.54, 1.807) is 7.11 Å². The van der Waals surface area contributed by atoms with E-state index in [1.807, 2.05) is 91.1 Å². The Morgan fingerprint density at radius 3 is 2.28 bits per heavy atom. The van der Waals surface area contributed by atoms with E-state index in [2.05, 4.69) is 51.1 Å². The molecule has 0 spiro atoms. The molecular formula is C32H28N4O2S. The van der Waals surface area contributed by atoms with Gasteiger partial charge < -0.3 is 24.3 Å². The first kappa shape index (κ1) is 24.7. The number of aryl methyl sites for hydroxylation is 1. The van der Waals surface area contributed by atoms with Crippen LogP contribution in [0.3, 0.4) is 0 Å². The molecule has 1 aliphatic rings. The van der Waals surface area contributed by atoms with Gasteiger partial charge in [-0.2, -0.15) is 0 Å². The molecule has 39 heavy (non-hydrogen) atoms. The molecule has 3 heterocycles. The molecule has 0 bridgehead atoms. The Morgan fingerprint density at radius 1 is 0.795 bits per heavy atom. The number of pyridine rings is 1. The molecule has 1 aliphatic heterocycles. The zero-order valence-electron chi connectivity index (χ0n) is 21.7. The van der Waals surface area contributed by atoms with Gasteiger partial charge in [0.2, 0.25) is 0 Å². The van der Waals surface area contributed by atoms with E-state index in [1.165, 1.54) is 5.56 Å². The van der Waals surface area contributed by atoms with Crippen LogP contribution >= 0.6 is 12.2 Å². The number of thiocarbonyl (C=S) groups is 1. The van der Waals surface area contributed by atoms with Gasteiger partial charge in [-0.25, -0.2) is 0 Å². The molecule has 0 saturated carbocycles. The standard InChI is InChI=1S/C32H28N4O2S/c1-22-11-15-25(16-12-22)38-26-17-13-23(14-18-26)36-31(30(34-32(36)39)28-9-3-4-19-33-28)29-10-6-20-35(29)24-7-5-8-27(21-24)37-2/h3-21,30-31H,1-2H3,(H,34,39). The minimum Gasteiger partial charge on any atom is -0.497 e. The highest BCUT2D eigenvalue weighted by atomic mass is 32.1. The number of ether oxygens (including phenoxy) is 2. The van der Waals surface area contributed by atoms with Crippen molar-refractivity contribution >= 4 is 23.0 Å². The quantitative estimate of drug-likeness (QED) is 0.225. The van der Waals surface area contributed by atoms with Crippen LogP contribution in [0.2, 0.25) is 0 Å². The van der Waals surface area contributed by atoms with E-state index >= 15 is 0 Å².